The Labute approximate surface area is 141 Å². The Hall–Kier alpha value is -2.41. The Morgan fingerprint density at radius 2 is 1.75 bits per heavy atom. The smallest absolute Gasteiger partial charge is 0.332 e. The minimum atomic E-state index is -0.612. The van der Waals surface area contributed by atoms with Crippen LogP contribution in [0.2, 0.25) is 0 Å². The van der Waals surface area contributed by atoms with Gasteiger partial charge in [-0.3, -0.25) is 9.59 Å². The summed E-state index contributed by atoms with van der Waals surface area (Å²) in [6.07, 6.45) is 0. The third-order valence-corrected chi connectivity index (χ3v) is 3.33. The van der Waals surface area contributed by atoms with Gasteiger partial charge in [0.1, 0.15) is 6.61 Å². The molecule has 0 radical (unpaired) electrons. The summed E-state index contributed by atoms with van der Waals surface area (Å²) in [5, 5.41) is 2.80. The Morgan fingerprint density at radius 3 is 2.33 bits per heavy atom. The van der Waals surface area contributed by atoms with Gasteiger partial charge in [0, 0.05) is 19.3 Å². The zero-order chi connectivity index (χ0) is 18.1. The topological polar surface area (TPSA) is 84.9 Å². The monoisotopic (exact) mass is 336 g/mol. The van der Waals surface area contributed by atoms with Crippen molar-refractivity contribution in [3.8, 4) is 0 Å². The summed E-state index contributed by atoms with van der Waals surface area (Å²) in [7, 11) is 1.48. The quantitative estimate of drug-likeness (QED) is 0.723. The number of carbonyl (C=O) groups is 3. The Balaban J connectivity index is 2.46. The molecule has 0 aliphatic carbocycles. The van der Waals surface area contributed by atoms with Crippen molar-refractivity contribution in [3.63, 3.8) is 0 Å². The van der Waals surface area contributed by atoms with E-state index in [9.17, 15) is 14.4 Å². The van der Waals surface area contributed by atoms with Crippen LogP contribution in [-0.2, 0) is 23.9 Å². The minimum absolute atomic E-state index is 0.129. The maximum absolute atomic E-state index is 12.1. The second kappa shape index (κ2) is 9.67. The van der Waals surface area contributed by atoms with Crippen LogP contribution in [0.1, 0.15) is 18.1 Å². The molecule has 0 fully saturated rings. The number of esters is 1. The normalized spacial score (nSPS) is 10.2. The maximum atomic E-state index is 12.1. The molecule has 0 atom stereocenters. The zero-order valence-corrected chi connectivity index (χ0v) is 14.5. The largest absolute Gasteiger partial charge is 0.454 e. The van der Waals surface area contributed by atoms with E-state index in [1.54, 1.807) is 6.92 Å². The van der Waals surface area contributed by atoms with Gasteiger partial charge in [0.2, 0.25) is 5.91 Å². The lowest BCUT2D eigenvalue weighted by atomic mass is 10.1. The molecular weight excluding hydrogens is 312 g/mol. The highest BCUT2D eigenvalue weighted by molar-refractivity contribution is 5.96. The predicted octanol–water partition coefficient (Wildman–Crippen LogP) is 1.28. The first-order valence-corrected chi connectivity index (χ1v) is 7.68. The standard InChI is InChI=1S/C17H24N2O5/c1-5-23-11-16(22)24-10-15(21)19(4)9-14(20)18-17-12(2)7-6-8-13(17)3/h6-8H,5,9-11H2,1-4H3,(H,18,20). The number of nitrogens with one attached hydrogen (secondary N) is 1. The van der Waals surface area contributed by atoms with Crippen LogP contribution < -0.4 is 5.32 Å². The molecular formula is C17H24N2O5. The van der Waals surface area contributed by atoms with Crippen LogP contribution >= 0.6 is 0 Å². The Kier molecular flexibility index (Phi) is 7.91. The lowest BCUT2D eigenvalue weighted by molar-refractivity contribution is -0.155. The molecule has 0 unspecified atom stereocenters. The van der Waals surface area contributed by atoms with Crippen molar-refractivity contribution in [1.29, 1.82) is 0 Å². The Bertz CT molecular complexity index is 580. The number of anilines is 1. The summed E-state index contributed by atoms with van der Waals surface area (Å²) >= 11 is 0. The summed E-state index contributed by atoms with van der Waals surface area (Å²) in [4.78, 5) is 36.4. The van der Waals surface area contributed by atoms with E-state index in [-0.39, 0.29) is 19.1 Å². The number of likely N-dealkylation sites (N-methyl/N-ethyl adjacent to an activating group) is 1. The van der Waals surface area contributed by atoms with Crippen LogP contribution in [0.15, 0.2) is 18.2 Å². The molecule has 0 aliphatic rings. The second-order valence-corrected chi connectivity index (χ2v) is 5.36. The number of amides is 2. The molecule has 7 heteroatoms. The van der Waals surface area contributed by atoms with E-state index in [1.807, 2.05) is 32.0 Å². The summed E-state index contributed by atoms with van der Waals surface area (Å²) in [6, 6.07) is 5.71. The molecule has 1 aromatic carbocycles. The first-order valence-electron chi connectivity index (χ1n) is 7.68. The summed E-state index contributed by atoms with van der Waals surface area (Å²) in [5.41, 5.74) is 2.64. The van der Waals surface area contributed by atoms with Gasteiger partial charge < -0.3 is 19.7 Å². The molecule has 1 N–H and O–H groups in total. The molecule has 7 nitrogen and oxygen atoms in total. The van der Waals surface area contributed by atoms with Gasteiger partial charge in [-0.25, -0.2) is 4.79 Å². The van der Waals surface area contributed by atoms with Gasteiger partial charge in [-0.05, 0) is 31.9 Å². The molecule has 132 valence electrons. The third-order valence-electron chi connectivity index (χ3n) is 3.33. The lowest BCUT2D eigenvalue weighted by Crippen LogP contribution is -2.37. The molecule has 2 amide bonds. The van der Waals surface area contributed by atoms with E-state index in [0.29, 0.717) is 6.61 Å². The highest BCUT2D eigenvalue weighted by atomic mass is 16.6. The number of benzene rings is 1. The van der Waals surface area contributed by atoms with Gasteiger partial charge in [0.25, 0.3) is 5.91 Å². The maximum Gasteiger partial charge on any atom is 0.332 e. The van der Waals surface area contributed by atoms with Gasteiger partial charge in [0.05, 0.1) is 6.54 Å². The number of rotatable bonds is 8. The van der Waals surface area contributed by atoms with Crippen LogP contribution in [0.25, 0.3) is 0 Å². The van der Waals surface area contributed by atoms with Crippen LogP contribution in [0, 0.1) is 13.8 Å². The number of hydrogen-bond acceptors (Lipinski definition) is 5. The van der Waals surface area contributed by atoms with Crippen molar-refractivity contribution < 1.29 is 23.9 Å². The van der Waals surface area contributed by atoms with Gasteiger partial charge in [0.15, 0.2) is 6.61 Å². The third kappa shape index (κ3) is 6.37. The van der Waals surface area contributed by atoms with Crippen molar-refractivity contribution in [1.82, 2.24) is 4.90 Å². The number of carbonyl (C=O) groups excluding carboxylic acids is 3. The number of ether oxygens (including phenoxy) is 2. The molecule has 0 heterocycles. The molecule has 0 spiro atoms. The van der Waals surface area contributed by atoms with Gasteiger partial charge in [-0.2, -0.15) is 0 Å². The summed E-state index contributed by atoms with van der Waals surface area (Å²) in [5.74, 6) is -1.39. The van der Waals surface area contributed by atoms with Crippen LogP contribution in [-0.4, -0.2) is 56.1 Å². The van der Waals surface area contributed by atoms with E-state index in [1.165, 1.54) is 11.9 Å². The lowest BCUT2D eigenvalue weighted by Gasteiger charge is -2.18. The average Bonchev–Trinajstić information content (AvgIpc) is 2.54. The average molecular weight is 336 g/mol. The van der Waals surface area contributed by atoms with Crippen molar-refractivity contribution >= 4 is 23.5 Å². The van der Waals surface area contributed by atoms with Crippen LogP contribution in [0.5, 0.6) is 0 Å². The van der Waals surface area contributed by atoms with E-state index >= 15 is 0 Å². The van der Waals surface area contributed by atoms with E-state index in [2.05, 4.69) is 5.32 Å². The Morgan fingerprint density at radius 1 is 1.12 bits per heavy atom. The molecule has 0 saturated heterocycles. The van der Waals surface area contributed by atoms with Crippen molar-refractivity contribution in [2.24, 2.45) is 0 Å². The molecule has 0 bridgehead atoms. The summed E-state index contributed by atoms with van der Waals surface area (Å²) < 4.78 is 9.66. The zero-order valence-electron chi connectivity index (χ0n) is 14.5. The fourth-order valence-corrected chi connectivity index (χ4v) is 1.97. The molecule has 24 heavy (non-hydrogen) atoms. The molecule has 1 aromatic rings. The van der Waals surface area contributed by atoms with Crippen LogP contribution in [0.4, 0.5) is 5.69 Å². The molecule has 0 aromatic heterocycles. The van der Waals surface area contributed by atoms with Crippen molar-refractivity contribution in [2.45, 2.75) is 20.8 Å². The van der Waals surface area contributed by atoms with Gasteiger partial charge in [-0.15, -0.1) is 0 Å². The van der Waals surface area contributed by atoms with Crippen LogP contribution in [0.3, 0.4) is 0 Å². The van der Waals surface area contributed by atoms with Gasteiger partial charge >= 0.3 is 5.97 Å². The number of nitrogens with zero attached hydrogens (tertiary/aromatic N) is 1. The van der Waals surface area contributed by atoms with E-state index in [4.69, 9.17) is 9.47 Å². The molecule has 1 rings (SSSR count). The molecule has 0 aliphatic heterocycles. The highest BCUT2D eigenvalue weighted by Gasteiger charge is 2.16. The fourth-order valence-electron chi connectivity index (χ4n) is 1.97. The van der Waals surface area contributed by atoms with E-state index < -0.39 is 18.5 Å². The SMILES string of the molecule is CCOCC(=O)OCC(=O)N(C)CC(=O)Nc1c(C)cccc1C. The first-order chi connectivity index (χ1) is 11.3. The van der Waals surface area contributed by atoms with Crippen molar-refractivity contribution in [2.75, 3.05) is 38.7 Å². The number of para-hydroxylation sites is 1. The second-order valence-electron chi connectivity index (χ2n) is 5.36. The molecule has 0 saturated carbocycles. The highest BCUT2D eigenvalue weighted by Crippen LogP contribution is 2.19. The minimum Gasteiger partial charge on any atom is -0.454 e. The first kappa shape index (κ1) is 19.6. The predicted molar refractivity (Wildman–Crippen MR) is 89.6 cm³/mol. The number of aryl methyl sites for hydroxylation is 2. The van der Waals surface area contributed by atoms with Gasteiger partial charge in [-0.1, -0.05) is 18.2 Å². The fraction of sp³-hybridized carbons (Fsp3) is 0.471. The van der Waals surface area contributed by atoms with Crippen molar-refractivity contribution in [3.05, 3.63) is 29.3 Å². The summed E-state index contributed by atoms with van der Waals surface area (Å²) in [6.45, 7) is 5.20. The van der Waals surface area contributed by atoms with E-state index in [0.717, 1.165) is 16.8 Å². The number of hydrogen-bond donors (Lipinski definition) is 1.